The number of hydrogen-bond donors (Lipinski definition) is 3. The molecule has 24 heavy (non-hydrogen) atoms. The van der Waals surface area contributed by atoms with Crippen LogP contribution in [0.1, 0.15) is 25.6 Å². The lowest BCUT2D eigenvalue weighted by atomic mass is 9.96. The molecule has 0 atom stereocenters. The molecule has 0 unspecified atom stereocenters. The van der Waals surface area contributed by atoms with Crippen LogP contribution in [0.3, 0.4) is 0 Å². The van der Waals surface area contributed by atoms with Crippen molar-refractivity contribution in [2.45, 2.75) is 11.1 Å². The molecule has 0 fully saturated rings. The van der Waals surface area contributed by atoms with Crippen molar-refractivity contribution >= 4 is 47.2 Å². The van der Waals surface area contributed by atoms with Gasteiger partial charge in [0.2, 0.25) is 0 Å². The zero-order valence-electron chi connectivity index (χ0n) is 12.4. The van der Waals surface area contributed by atoms with Crippen LogP contribution in [0.5, 0.6) is 0 Å². The zero-order valence-corrected chi connectivity index (χ0v) is 15.0. The molecule has 0 saturated carbocycles. The normalized spacial score (nSPS) is 10.8. The number of aryl methyl sites for hydroxylation is 1. The Balaban J connectivity index is 2.30. The summed E-state index contributed by atoms with van der Waals surface area (Å²) in [4.78, 5) is 25.9. The Kier molecular flexibility index (Phi) is 4.49. The van der Waals surface area contributed by atoms with Crippen molar-refractivity contribution in [1.29, 1.82) is 0 Å². The van der Waals surface area contributed by atoms with Crippen LogP contribution >= 0.6 is 35.3 Å². The molecule has 122 valence electrons. The predicted octanol–water partition coefficient (Wildman–Crippen LogP) is 5.14. The third kappa shape index (κ3) is 3.10. The van der Waals surface area contributed by atoms with E-state index in [-0.39, 0.29) is 11.1 Å². The molecule has 0 spiro atoms. The molecule has 2 N–H and O–H groups in total. The summed E-state index contributed by atoms with van der Waals surface area (Å²) in [6.07, 6.45) is 0. The molecule has 0 bridgehead atoms. The summed E-state index contributed by atoms with van der Waals surface area (Å²) in [5, 5.41) is 19.2. The van der Waals surface area contributed by atoms with Gasteiger partial charge in [0.15, 0.2) is 0 Å². The number of aromatic carboxylic acids is 2. The van der Waals surface area contributed by atoms with Crippen LogP contribution in [0.4, 0.5) is 0 Å². The molecule has 3 aromatic rings. The van der Waals surface area contributed by atoms with Crippen LogP contribution in [-0.4, -0.2) is 22.2 Å². The number of thiol groups is 1. The molecule has 4 nitrogen and oxygen atoms in total. The van der Waals surface area contributed by atoms with E-state index in [1.807, 2.05) is 19.1 Å². The maximum Gasteiger partial charge on any atom is 0.336 e. The highest BCUT2D eigenvalue weighted by Crippen LogP contribution is 2.38. The topological polar surface area (TPSA) is 74.6 Å². The van der Waals surface area contributed by atoms with Crippen molar-refractivity contribution in [3.8, 4) is 20.9 Å². The van der Waals surface area contributed by atoms with Gasteiger partial charge in [0.1, 0.15) is 0 Å². The number of hydrogen-bond acceptors (Lipinski definition) is 5. The van der Waals surface area contributed by atoms with Gasteiger partial charge in [0.05, 0.1) is 15.3 Å². The van der Waals surface area contributed by atoms with E-state index in [4.69, 9.17) is 0 Å². The van der Waals surface area contributed by atoms with Crippen molar-refractivity contribution in [3.05, 3.63) is 52.4 Å². The molecule has 0 aliphatic carbocycles. The quantitative estimate of drug-likeness (QED) is 0.551. The molecule has 0 aliphatic rings. The summed E-state index contributed by atoms with van der Waals surface area (Å²) in [5.41, 5.74) is 0.980. The van der Waals surface area contributed by atoms with Gasteiger partial charge < -0.3 is 10.2 Å². The summed E-state index contributed by atoms with van der Waals surface area (Å²) >= 11 is 6.99. The van der Waals surface area contributed by atoms with E-state index in [9.17, 15) is 19.8 Å². The second kappa shape index (κ2) is 6.43. The first kappa shape index (κ1) is 16.8. The Morgan fingerprint density at radius 2 is 1.38 bits per heavy atom. The van der Waals surface area contributed by atoms with Gasteiger partial charge in [-0.3, -0.25) is 0 Å². The number of carboxylic acid groups (broad SMARTS) is 2. The lowest BCUT2D eigenvalue weighted by Gasteiger charge is -2.11. The van der Waals surface area contributed by atoms with Gasteiger partial charge in [-0.1, -0.05) is 0 Å². The Morgan fingerprint density at radius 1 is 0.875 bits per heavy atom. The van der Waals surface area contributed by atoms with Gasteiger partial charge in [-0.25, -0.2) is 9.59 Å². The van der Waals surface area contributed by atoms with Gasteiger partial charge in [0.25, 0.3) is 0 Å². The lowest BCUT2D eigenvalue weighted by Crippen LogP contribution is -2.05. The molecule has 2 heterocycles. The Labute approximate surface area is 151 Å². The fourth-order valence-corrected chi connectivity index (χ4v) is 4.46. The van der Waals surface area contributed by atoms with E-state index < -0.39 is 11.9 Å². The summed E-state index contributed by atoms with van der Waals surface area (Å²) in [5.74, 6) is -2.18. The largest absolute Gasteiger partial charge is 0.478 e. The lowest BCUT2D eigenvalue weighted by molar-refractivity contribution is 0.0682. The maximum absolute atomic E-state index is 11.7. The minimum atomic E-state index is -1.09. The predicted molar refractivity (Wildman–Crippen MR) is 99.0 cm³/mol. The fourth-order valence-electron chi connectivity index (χ4n) is 2.41. The van der Waals surface area contributed by atoms with Gasteiger partial charge in [-0.2, -0.15) is 0 Å². The first-order valence-electron chi connectivity index (χ1n) is 6.87. The smallest absolute Gasteiger partial charge is 0.336 e. The Hall–Kier alpha value is -2.09. The number of thiophene rings is 2. The van der Waals surface area contributed by atoms with E-state index in [1.54, 1.807) is 12.1 Å². The fraction of sp³-hybridized carbons (Fsp3) is 0.0588. The van der Waals surface area contributed by atoms with Crippen LogP contribution in [-0.2, 0) is 0 Å². The minimum Gasteiger partial charge on any atom is -0.478 e. The minimum absolute atomic E-state index is 0.0798. The molecule has 2 aromatic heterocycles. The highest BCUT2D eigenvalue weighted by atomic mass is 32.2. The average molecular weight is 376 g/mol. The van der Waals surface area contributed by atoms with E-state index in [2.05, 4.69) is 12.6 Å². The summed E-state index contributed by atoms with van der Waals surface area (Å²) in [6.45, 7) is 1.92. The molecule has 3 rings (SSSR count). The molecular weight excluding hydrogens is 364 g/mol. The van der Waals surface area contributed by atoms with Crippen LogP contribution < -0.4 is 0 Å². The Morgan fingerprint density at radius 3 is 1.75 bits per heavy atom. The summed E-state index contributed by atoms with van der Waals surface area (Å²) in [7, 11) is 0. The van der Waals surface area contributed by atoms with Crippen molar-refractivity contribution < 1.29 is 19.8 Å². The number of rotatable bonds is 4. The molecule has 7 heteroatoms. The van der Waals surface area contributed by atoms with E-state index in [0.717, 1.165) is 14.0 Å². The van der Waals surface area contributed by atoms with Crippen molar-refractivity contribution in [3.63, 3.8) is 0 Å². The number of carbonyl (C=O) groups is 2. The van der Waals surface area contributed by atoms with Crippen LogP contribution in [0.2, 0.25) is 0 Å². The van der Waals surface area contributed by atoms with Crippen molar-refractivity contribution in [2.75, 3.05) is 0 Å². The van der Waals surface area contributed by atoms with Crippen LogP contribution in [0.25, 0.3) is 20.9 Å². The highest BCUT2D eigenvalue weighted by molar-refractivity contribution is 7.83. The van der Waals surface area contributed by atoms with Gasteiger partial charge in [-0.05, 0) is 43.3 Å². The molecule has 0 saturated heterocycles. The molecule has 1 aromatic carbocycles. The molecule has 0 aliphatic heterocycles. The van der Waals surface area contributed by atoms with Crippen molar-refractivity contribution in [1.82, 2.24) is 0 Å². The first-order chi connectivity index (χ1) is 11.4. The van der Waals surface area contributed by atoms with Gasteiger partial charge in [0, 0.05) is 25.8 Å². The SMILES string of the molecule is Cc1ccc(-c2cc(C(=O)O)c(-c3ccc(S)s3)cc2C(=O)O)s1. The molecule has 0 radical (unpaired) electrons. The standard InChI is InChI=1S/C17H12O4S3/c1-8-2-3-13(23-8)9-6-12(17(20)21)10(7-11(9)16(18)19)14-4-5-15(22)24-14/h2-7,22H,1H3,(H,18,19)(H,20,21). The Bertz CT molecular complexity index is 875. The van der Waals surface area contributed by atoms with E-state index in [0.29, 0.717) is 16.0 Å². The second-order valence-electron chi connectivity index (χ2n) is 5.10. The average Bonchev–Trinajstić information content (AvgIpc) is 3.14. The second-order valence-corrected chi connectivity index (χ2v) is 8.26. The molecule has 0 amide bonds. The van der Waals surface area contributed by atoms with Crippen LogP contribution in [0, 0.1) is 6.92 Å². The van der Waals surface area contributed by atoms with Gasteiger partial charge >= 0.3 is 11.9 Å². The summed E-state index contributed by atoms with van der Waals surface area (Å²) < 4.78 is 0.733. The first-order valence-corrected chi connectivity index (χ1v) is 8.95. The number of benzene rings is 1. The molecular formula is C17H12O4S3. The summed E-state index contributed by atoms with van der Waals surface area (Å²) in [6, 6.07) is 10.1. The highest BCUT2D eigenvalue weighted by Gasteiger charge is 2.22. The van der Waals surface area contributed by atoms with Crippen molar-refractivity contribution in [2.24, 2.45) is 0 Å². The monoisotopic (exact) mass is 376 g/mol. The van der Waals surface area contributed by atoms with Crippen LogP contribution in [0.15, 0.2) is 40.6 Å². The van der Waals surface area contributed by atoms with Gasteiger partial charge in [-0.15, -0.1) is 35.3 Å². The zero-order chi connectivity index (χ0) is 17.4. The maximum atomic E-state index is 11.7. The van der Waals surface area contributed by atoms with E-state index >= 15 is 0 Å². The third-order valence-corrected chi connectivity index (χ3v) is 5.86. The third-order valence-electron chi connectivity index (χ3n) is 3.48. The number of carboxylic acids is 2. The van der Waals surface area contributed by atoms with E-state index in [1.165, 1.54) is 34.8 Å².